The molecule has 0 aromatic rings. The minimum Gasteiger partial charge on any atom is -0.323 e. The molecule has 1 amide bonds. The van der Waals surface area contributed by atoms with Gasteiger partial charge in [0.25, 0.3) is 0 Å². The van der Waals surface area contributed by atoms with E-state index in [1.807, 2.05) is 0 Å². The second-order valence-electron chi connectivity index (χ2n) is 6.86. The third kappa shape index (κ3) is 3.03. The lowest BCUT2D eigenvalue weighted by molar-refractivity contribution is -0.133. The van der Waals surface area contributed by atoms with Crippen molar-refractivity contribution in [2.24, 2.45) is 11.8 Å². The van der Waals surface area contributed by atoms with Gasteiger partial charge in [0, 0.05) is 6.04 Å². The molecule has 0 aromatic carbocycles. The largest absolute Gasteiger partial charge is 0.323 e. The zero-order chi connectivity index (χ0) is 14.7. The second-order valence-corrected chi connectivity index (χ2v) is 6.86. The molecule has 2 rings (SSSR count). The lowest BCUT2D eigenvalue weighted by Crippen LogP contribution is -2.46. The van der Waals surface area contributed by atoms with Gasteiger partial charge in [0.1, 0.15) is 0 Å². The van der Waals surface area contributed by atoms with Gasteiger partial charge in [-0.25, -0.2) is 0 Å². The Morgan fingerprint density at radius 2 is 1.90 bits per heavy atom. The number of hydrogen-bond donors (Lipinski definition) is 1. The molecule has 1 saturated carbocycles. The van der Waals surface area contributed by atoms with Gasteiger partial charge >= 0.3 is 0 Å². The molecular formula is C17H32N2O. The Bertz CT molecular complexity index is 325. The van der Waals surface area contributed by atoms with Crippen molar-refractivity contribution >= 4 is 5.91 Å². The van der Waals surface area contributed by atoms with E-state index in [0.717, 1.165) is 25.2 Å². The molecule has 2 aliphatic rings. The van der Waals surface area contributed by atoms with Crippen LogP contribution in [0.15, 0.2) is 0 Å². The molecule has 1 N–H and O–H groups in total. The molecule has 0 bridgehead atoms. The number of rotatable bonds is 6. The first-order valence-corrected chi connectivity index (χ1v) is 8.68. The Kier molecular flexibility index (Phi) is 5.48. The predicted molar refractivity (Wildman–Crippen MR) is 83.3 cm³/mol. The molecule has 4 atom stereocenters. The van der Waals surface area contributed by atoms with Crippen LogP contribution in [-0.2, 0) is 4.79 Å². The smallest absolute Gasteiger partial charge is 0.241 e. The molecule has 3 heteroatoms. The van der Waals surface area contributed by atoms with Gasteiger partial charge in [-0.2, -0.15) is 0 Å². The van der Waals surface area contributed by atoms with Crippen molar-refractivity contribution in [2.75, 3.05) is 0 Å². The monoisotopic (exact) mass is 280 g/mol. The quantitative estimate of drug-likeness (QED) is 0.807. The highest BCUT2D eigenvalue weighted by Gasteiger charge is 2.44. The van der Waals surface area contributed by atoms with Crippen LogP contribution in [0.4, 0.5) is 0 Å². The standard InChI is InChI=1S/C17H32N2O/c1-5-9-15-18-16(12(3)6-2)17(20)19(15)13(4)14-10-7-8-11-14/h12-16,18H,5-11H2,1-4H3. The summed E-state index contributed by atoms with van der Waals surface area (Å²) < 4.78 is 0. The van der Waals surface area contributed by atoms with E-state index < -0.39 is 0 Å². The highest BCUT2D eigenvalue weighted by Crippen LogP contribution is 2.34. The fourth-order valence-electron chi connectivity index (χ4n) is 3.96. The van der Waals surface area contributed by atoms with Crippen LogP contribution in [0, 0.1) is 11.8 Å². The third-order valence-electron chi connectivity index (χ3n) is 5.52. The van der Waals surface area contributed by atoms with Crippen molar-refractivity contribution in [3.63, 3.8) is 0 Å². The van der Waals surface area contributed by atoms with Crippen LogP contribution >= 0.6 is 0 Å². The zero-order valence-electron chi connectivity index (χ0n) is 13.7. The maximum atomic E-state index is 12.9. The molecule has 1 aliphatic carbocycles. The van der Waals surface area contributed by atoms with E-state index in [-0.39, 0.29) is 12.2 Å². The Labute approximate surface area is 124 Å². The number of nitrogens with one attached hydrogen (secondary N) is 1. The Morgan fingerprint density at radius 1 is 1.25 bits per heavy atom. The fraction of sp³-hybridized carbons (Fsp3) is 0.941. The van der Waals surface area contributed by atoms with Crippen LogP contribution < -0.4 is 5.32 Å². The van der Waals surface area contributed by atoms with E-state index in [4.69, 9.17) is 0 Å². The predicted octanol–water partition coefficient (Wildman–Crippen LogP) is 3.54. The van der Waals surface area contributed by atoms with Gasteiger partial charge in [0.15, 0.2) is 0 Å². The summed E-state index contributed by atoms with van der Waals surface area (Å²) in [4.78, 5) is 15.1. The number of amides is 1. The molecule has 2 fully saturated rings. The van der Waals surface area contributed by atoms with Crippen molar-refractivity contribution in [1.29, 1.82) is 0 Å². The highest BCUT2D eigenvalue weighted by atomic mass is 16.2. The van der Waals surface area contributed by atoms with Gasteiger partial charge in [-0.3, -0.25) is 10.1 Å². The summed E-state index contributed by atoms with van der Waals surface area (Å²) in [7, 11) is 0. The molecule has 0 spiro atoms. The Hall–Kier alpha value is -0.570. The van der Waals surface area contributed by atoms with Crippen LogP contribution in [0.2, 0.25) is 0 Å². The molecule has 116 valence electrons. The normalized spacial score (nSPS) is 31.0. The van der Waals surface area contributed by atoms with E-state index in [0.29, 0.717) is 17.9 Å². The third-order valence-corrected chi connectivity index (χ3v) is 5.52. The van der Waals surface area contributed by atoms with Gasteiger partial charge in [-0.05, 0) is 38.0 Å². The first-order chi connectivity index (χ1) is 9.60. The molecule has 4 unspecified atom stereocenters. The first kappa shape index (κ1) is 15.8. The Balaban J connectivity index is 2.11. The average molecular weight is 280 g/mol. The van der Waals surface area contributed by atoms with E-state index in [1.54, 1.807) is 0 Å². The summed E-state index contributed by atoms with van der Waals surface area (Å²) in [5, 5.41) is 3.62. The summed E-state index contributed by atoms with van der Waals surface area (Å²) in [6.07, 6.45) is 8.84. The molecule has 1 heterocycles. The van der Waals surface area contributed by atoms with E-state index >= 15 is 0 Å². The number of hydrogen-bond acceptors (Lipinski definition) is 2. The van der Waals surface area contributed by atoms with Gasteiger partial charge < -0.3 is 4.90 Å². The summed E-state index contributed by atoms with van der Waals surface area (Å²) in [5.74, 6) is 1.51. The molecule has 20 heavy (non-hydrogen) atoms. The van der Waals surface area contributed by atoms with Crippen molar-refractivity contribution in [3.05, 3.63) is 0 Å². The number of carbonyl (C=O) groups is 1. The Morgan fingerprint density at radius 3 is 2.45 bits per heavy atom. The molecule has 1 aliphatic heterocycles. The maximum Gasteiger partial charge on any atom is 0.241 e. The van der Waals surface area contributed by atoms with E-state index in [2.05, 4.69) is 37.9 Å². The van der Waals surface area contributed by atoms with Gasteiger partial charge in [-0.1, -0.05) is 46.5 Å². The topological polar surface area (TPSA) is 32.3 Å². The van der Waals surface area contributed by atoms with Crippen molar-refractivity contribution < 1.29 is 4.79 Å². The van der Waals surface area contributed by atoms with Crippen molar-refractivity contribution in [2.45, 2.75) is 90.9 Å². The highest BCUT2D eigenvalue weighted by molar-refractivity contribution is 5.85. The summed E-state index contributed by atoms with van der Waals surface area (Å²) in [6.45, 7) is 8.86. The fourth-order valence-corrected chi connectivity index (χ4v) is 3.96. The molecular weight excluding hydrogens is 248 g/mol. The maximum absolute atomic E-state index is 12.9. The SMILES string of the molecule is CCCC1NC(C(C)CC)C(=O)N1C(C)C1CCCC1. The first-order valence-electron chi connectivity index (χ1n) is 8.68. The van der Waals surface area contributed by atoms with E-state index in [9.17, 15) is 4.79 Å². The summed E-state index contributed by atoms with van der Waals surface area (Å²) >= 11 is 0. The van der Waals surface area contributed by atoms with Gasteiger partial charge in [0.05, 0.1) is 12.2 Å². The second kappa shape index (κ2) is 6.93. The zero-order valence-corrected chi connectivity index (χ0v) is 13.7. The summed E-state index contributed by atoms with van der Waals surface area (Å²) in [6, 6.07) is 0.448. The van der Waals surface area contributed by atoms with Crippen LogP contribution in [0.5, 0.6) is 0 Å². The molecule has 1 saturated heterocycles. The summed E-state index contributed by atoms with van der Waals surface area (Å²) in [5.41, 5.74) is 0. The molecule has 3 nitrogen and oxygen atoms in total. The number of carbonyl (C=O) groups excluding carboxylic acids is 1. The van der Waals surface area contributed by atoms with Crippen molar-refractivity contribution in [1.82, 2.24) is 10.2 Å². The van der Waals surface area contributed by atoms with Gasteiger partial charge in [-0.15, -0.1) is 0 Å². The lowest BCUT2D eigenvalue weighted by atomic mass is 9.96. The lowest BCUT2D eigenvalue weighted by Gasteiger charge is -2.34. The van der Waals surface area contributed by atoms with Gasteiger partial charge in [0.2, 0.25) is 5.91 Å². The average Bonchev–Trinajstić information content (AvgIpc) is 3.06. The van der Waals surface area contributed by atoms with Crippen LogP contribution in [0.1, 0.15) is 72.6 Å². The minimum atomic E-state index is 0.0420. The molecule has 0 radical (unpaired) electrons. The van der Waals surface area contributed by atoms with E-state index in [1.165, 1.54) is 25.7 Å². The number of nitrogens with zero attached hydrogens (tertiary/aromatic N) is 1. The molecule has 0 aromatic heterocycles. The van der Waals surface area contributed by atoms with Crippen LogP contribution in [0.25, 0.3) is 0 Å². The van der Waals surface area contributed by atoms with Crippen LogP contribution in [0.3, 0.4) is 0 Å². The minimum absolute atomic E-state index is 0.0420. The van der Waals surface area contributed by atoms with Crippen LogP contribution in [-0.4, -0.2) is 29.1 Å². The van der Waals surface area contributed by atoms with Crippen molar-refractivity contribution in [3.8, 4) is 0 Å².